The van der Waals surface area contributed by atoms with Gasteiger partial charge in [-0.15, -0.1) is 0 Å². The van der Waals surface area contributed by atoms with Gasteiger partial charge in [0.05, 0.1) is 0 Å². The zero-order chi connectivity index (χ0) is 37.6. The molecule has 0 spiro atoms. The SMILES string of the molecule is C[Si](CCC(F)(F)F)(CCC(F)(F)F)O[Si](C)(CCC(F)(F)F)O[Si](C)(CCC(F)(F)F)O[Si](C)(CCC(F)(F)F)CCC(F)(F)F. The Labute approximate surface area is 263 Å². The first kappa shape index (κ1) is 46.5. The van der Waals surface area contributed by atoms with E-state index >= 15 is 0 Å². The Hall–Kier alpha value is -0.512. The molecule has 284 valence electrons. The van der Waals surface area contributed by atoms with Gasteiger partial charge in [0.15, 0.2) is 16.6 Å². The Morgan fingerprint density at radius 2 is 0.468 bits per heavy atom. The highest BCUT2D eigenvalue weighted by molar-refractivity contribution is 6.90. The zero-order valence-corrected chi connectivity index (χ0v) is 29.5. The van der Waals surface area contributed by atoms with Crippen molar-refractivity contribution in [3.63, 3.8) is 0 Å². The predicted molar refractivity (Wildman–Crippen MR) is 143 cm³/mol. The molecule has 0 radical (unpaired) electrons. The summed E-state index contributed by atoms with van der Waals surface area (Å²) < 4.78 is 254. The Morgan fingerprint density at radius 3 is 0.638 bits per heavy atom. The fraction of sp³-hybridized carbons (Fsp3) is 1.00. The van der Waals surface area contributed by atoms with Gasteiger partial charge in [-0.1, -0.05) is 0 Å². The van der Waals surface area contributed by atoms with E-state index in [-0.39, 0.29) is 0 Å². The normalized spacial score (nSPS) is 17.5. The third-order valence-electron chi connectivity index (χ3n) is 6.83. The first-order valence-electron chi connectivity index (χ1n) is 13.9. The Morgan fingerprint density at radius 1 is 0.298 bits per heavy atom. The Bertz CT molecular complexity index is 838. The molecule has 0 saturated heterocycles. The predicted octanol–water partition coefficient (Wildman–Crippen LogP) is 12.0. The van der Waals surface area contributed by atoms with E-state index in [9.17, 15) is 79.0 Å². The van der Waals surface area contributed by atoms with Crippen molar-refractivity contribution in [2.45, 2.75) is 138 Å². The van der Waals surface area contributed by atoms with E-state index in [1.807, 2.05) is 0 Å². The molecule has 25 heteroatoms. The summed E-state index contributed by atoms with van der Waals surface area (Å²) in [6.45, 7) is 3.18. The van der Waals surface area contributed by atoms with Crippen molar-refractivity contribution in [1.29, 1.82) is 0 Å². The lowest BCUT2D eigenvalue weighted by atomic mass is 10.5. The molecule has 0 aliphatic heterocycles. The van der Waals surface area contributed by atoms with Gasteiger partial charge in [-0.25, -0.2) is 0 Å². The summed E-state index contributed by atoms with van der Waals surface area (Å²) in [7, 11) is -18.6. The maximum atomic E-state index is 13.3. The maximum absolute atomic E-state index is 13.3. The number of rotatable bonds is 18. The lowest BCUT2D eigenvalue weighted by molar-refractivity contribution is -0.134. The van der Waals surface area contributed by atoms with Gasteiger partial charge in [-0.3, -0.25) is 0 Å². The zero-order valence-electron chi connectivity index (χ0n) is 25.5. The molecule has 0 aromatic rings. The molecular formula is C22H36F18O3Si4. The second kappa shape index (κ2) is 16.2. The summed E-state index contributed by atoms with van der Waals surface area (Å²) in [6, 6.07) is -7.08. The number of hydrogen-bond donors (Lipinski definition) is 0. The number of halogens is 18. The van der Waals surface area contributed by atoms with Gasteiger partial charge in [0.2, 0.25) is 0 Å². The van der Waals surface area contributed by atoms with Crippen LogP contribution in [0.3, 0.4) is 0 Å². The van der Waals surface area contributed by atoms with Crippen molar-refractivity contribution in [3.05, 3.63) is 0 Å². The second-order valence-corrected chi connectivity index (χ2v) is 27.9. The smallest absolute Gasteiger partial charge is 0.389 e. The molecule has 2 unspecified atom stereocenters. The molecule has 47 heavy (non-hydrogen) atoms. The maximum Gasteiger partial charge on any atom is 0.389 e. The van der Waals surface area contributed by atoms with E-state index in [1.54, 1.807) is 0 Å². The third kappa shape index (κ3) is 24.3. The summed E-state index contributed by atoms with van der Waals surface area (Å²) in [6.07, 6.45) is -40.6. The average molecular weight is 803 g/mol. The highest BCUT2D eigenvalue weighted by Crippen LogP contribution is 2.42. The summed E-state index contributed by atoms with van der Waals surface area (Å²) >= 11 is 0. The van der Waals surface area contributed by atoms with E-state index in [1.165, 1.54) is 0 Å². The minimum atomic E-state index is -5.05. The van der Waals surface area contributed by atoms with Crippen LogP contribution in [-0.2, 0) is 12.3 Å². The molecule has 0 bridgehead atoms. The van der Waals surface area contributed by atoms with Gasteiger partial charge in [0, 0.05) is 38.5 Å². The molecule has 3 nitrogen and oxygen atoms in total. The van der Waals surface area contributed by atoms with Gasteiger partial charge < -0.3 is 12.3 Å². The summed E-state index contributed by atoms with van der Waals surface area (Å²) in [5.74, 6) is 0. The van der Waals surface area contributed by atoms with Crippen LogP contribution in [0.15, 0.2) is 0 Å². The molecule has 0 amide bonds. The highest BCUT2D eigenvalue weighted by atomic mass is 28.5. The summed E-state index contributed by atoms with van der Waals surface area (Å²) in [4.78, 5) is 0. The molecule has 0 saturated carbocycles. The van der Waals surface area contributed by atoms with Crippen LogP contribution in [0, 0.1) is 0 Å². The van der Waals surface area contributed by atoms with Crippen LogP contribution in [0.4, 0.5) is 79.0 Å². The monoisotopic (exact) mass is 802 g/mol. The summed E-state index contributed by atoms with van der Waals surface area (Å²) in [5.41, 5.74) is 0. The van der Waals surface area contributed by atoms with E-state index < -0.39 is 146 Å². The molecule has 0 N–H and O–H groups in total. The third-order valence-corrected chi connectivity index (χ3v) is 25.2. The lowest BCUT2D eigenvalue weighted by Gasteiger charge is -2.46. The van der Waals surface area contributed by atoms with E-state index in [0.29, 0.717) is 0 Å². The first-order chi connectivity index (χ1) is 20.4. The Balaban J connectivity index is 7.00. The molecular weight excluding hydrogens is 767 g/mol. The van der Waals surface area contributed by atoms with Crippen LogP contribution < -0.4 is 0 Å². The molecule has 0 rings (SSSR count). The minimum absolute atomic E-state index is 0.748. The quantitative estimate of drug-likeness (QED) is 0.102. The molecule has 2 atom stereocenters. The van der Waals surface area contributed by atoms with Crippen molar-refractivity contribution in [3.8, 4) is 0 Å². The fourth-order valence-electron chi connectivity index (χ4n) is 4.56. The van der Waals surface area contributed by atoms with Crippen molar-refractivity contribution < 1.29 is 91.4 Å². The second-order valence-electron chi connectivity index (χ2n) is 12.2. The number of hydrogen-bond acceptors (Lipinski definition) is 3. The molecule has 0 aliphatic carbocycles. The van der Waals surface area contributed by atoms with Gasteiger partial charge >= 0.3 is 54.2 Å². The standard InChI is InChI=1S/C22H36F18O3Si4/c1-44(11-5-17(23,24)25,12-6-18(26,27)28)41-46(3,15-9-21(35,36)37)43-47(4,16-10-22(38,39)40)42-45(2,13-7-19(29,30)31)14-8-20(32,33)34/h5-16H2,1-4H3. The topological polar surface area (TPSA) is 27.7 Å². The highest BCUT2D eigenvalue weighted by Gasteiger charge is 2.54. The average Bonchev–Trinajstić information content (AvgIpc) is 2.79. The van der Waals surface area contributed by atoms with Crippen LogP contribution in [0.5, 0.6) is 0 Å². The van der Waals surface area contributed by atoms with Gasteiger partial charge in [0.25, 0.3) is 0 Å². The lowest BCUT2D eigenvalue weighted by Crippen LogP contribution is -2.60. The van der Waals surface area contributed by atoms with Gasteiger partial charge in [-0.05, 0) is 62.5 Å². The van der Waals surface area contributed by atoms with Crippen LogP contribution >= 0.6 is 0 Å². The van der Waals surface area contributed by atoms with E-state index in [2.05, 4.69) is 0 Å². The van der Waals surface area contributed by atoms with Crippen LogP contribution in [0.2, 0.25) is 62.5 Å². The minimum Gasteiger partial charge on any atom is -0.436 e. The molecule has 0 aromatic carbocycles. The van der Waals surface area contributed by atoms with Crippen LogP contribution in [-0.4, -0.2) is 70.8 Å². The summed E-state index contributed by atoms with van der Waals surface area (Å²) in [5, 5.41) is 0. The first-order valence-corrected chi connectivity index (χ1v) is 24.6. The van der Waals surface area contributed by atoms with Crippen molar-refractivity contribution in [2.75, 3.05) is 0 Å². The van der Waals surface area contributed by atoms with Crippen molar-refractivity contribution >= 4 is 33.8 Å². The molecule has 0 heterocycles. The molecule has 0 aromatic heterocycles. The Kier molecular flexibility index (Phi) is 16.0. The largest absolute Gasteiger partial charge is 0.436 e. The fourth-order valence-corrected chi connectivity index (χ4v) is 26.1. The molecule has 0 fully saturated rings. The van der Waals surface area contributed by atoms with Crippen molar-refractivity contribution in [1.82, 2.24) is 0 Å². The van der Waals surface area contributed by atoms with Crippen molar-refractivity contribution in [2.24, 2.45) is 0 Å². The van der Waals surface area contributed by atoms with Gasteiger partial charge in [-0.2, -0.15) is 79.0 Å². The van der Waals surface area contributed by atoms with Crippen LogP contribution in [0.1, 0.15) is 38.5 Å². The van der Waals surface area contributed by atoms with E-state index in [0.717, 1.165) is 26.2 Å². The van der Waals surface area contributed by atoms with Gasteiger partial charge in [0.1, 0.15) is 0 Å². The number of alkyl halides is 18. The van der Waals surface area contributed by atoms with Crippen LogP contribution in [0.25, 0.3) is 0 Å². The van der Waals surface area contributed by atoms with E-state index in [4.69, 9.17) is 12.3 Å². The molecule has 0 aliphatic rings.